The first-order valence-corrected chi connectivity index (χ1v) is 7.84. The molecule has 124 valence electrons. The average Bonchev–Trinajstić information content (AvgIpc) is 3.23. The maximum atomic E-state index is 12.5. The number of benzene rings is 1. The molecule has 3 aromatic rings. The molecule has 2 heterocycles. The van der Waals surface area contributed by atoms with Gasteiger partial charge in [0.05, 0.1) is 0 Å². The van der Waals surface area contributed by atoms with Crippen molar-refractivity contribution >= 4 is 5.91 Å². The number of carbonyl (C=O) groups excluding carboxylic acids is 1. The monoisotopic (exact) mass is 325 g/mol. The predicted molar refractivity (Wildman–Crippen MR) is 87.3 cm³/mol. The van der Waals surface area contributed by atoms with E-state index in [-0.39, 0.29) is 5.91 Å². The zero-order valence-corrected chi connectivity index (χ0v) is 13.6. The molecule has 0 aliphatic rings. The van der Waals surface area contributed by atoms with E-state index in [1.165, 1.54) is 0 Å². The summed E-state index contributed by atoms with van der Waals surface area (Å²) in [4.78, 5) is 21.0. The lowest BCUT2D eigenvalue weighted by Crippen LogP contribution is -2.31. The third-order valence-electron chi connectivity index (χ3n) is 3.64. The summed E-state index contributed by atoms with van der Waals surface area (Å²) in [5.41, 5.74) is 0.879. The molecule has 0 aliphatic carbocycles. The Morgan fingerprint density at radius 3 is 2.79 bits per heavy atom. The van der Waals surface area contributed by atoms with E-state index in [1.54, 1.807) is 24.0 Å². The molecular formula is C17H19N5O2. The van der Waals surface area contributed by atoms with Crippen LogP contribution in [0, 0.1) is 0 Å². The molecule has 0 spiro atoms. The molecule has 1 N–H and O–H groups in total. The van der Waals surface area contributed by atoms with Crippen molar-refractivity contribution in [3.63, 3.8) is 0 Å². The number of nitrogens with one attached hydrogen (secondary N) is 1. The first kappa shape index (κ1) is 15.9. The van der Waals surface area contributed by atoms with Crippen LogP contribution in [0.2, 0.25) is 0 Å². The fourth-order valence-electron chi connectivity index (χ4n) is 2.42. The van der Waals surface area contributed by atoms with E-state index in [1.807, 2.05) is 37.3 Å². The van der Waals surface area contributed by atoms with Crippen LogP contribution in [0.15, 0.2) is 47.2 Å². The Morgan fingerprint density at radius 1 is 1.33 bits per heavy atom. The summed E-state index contributed by atoms with van der Waals surface area (Å²) in [6, 6.07) is 9.06. The van der Waals surface area contributed by atoms with Crippen molar-refractivity contribution < 1.29 is 9.32 Å². The molecule has 3 rings (SSSR count). The van der Waals surface area contributed by atoms with E-state index in [9.17, 15) is 4.79 Å². The SMILES string of the molecule is CCCc1nc([C@H](NC(=O)c2nccn2C)c2ccccc2)no1. The van der Waals surface area contributed by atoms with Crippen LogP contribution in [0.5, 0.6) is 0 Å². The van der Waals surface area contributed by atoms with Crippen LogP contribution >= 0.6 is 0 Å². The molecule has 7 nitrogen and oxygen atoms in total. The lowest BCUT2D eigenvalue weighted by atomic mass is 10.1. The van der Waals surface area contributed by atoms with Crippen LogP contribution in [0.25, 0.3) is 0 Å². The van der Waals surface area contributed by atoms with Gasteiger partial charge in [0.25, 0.3) is 5.91 Å². The van der Waals surface area contributed by atoms with Gasteiger partial charge in [-0.15, -0.1) is 0 Å². The number of hydrogen-bond acceptors (Lipinski definition) is 5. The Balaban J connectivity index is 1.90. The van der Waals surface area contributed by atoms with Crippen LogP contribution in [-0.2, 0) is 13.5 Å². The minimum atomic E-state index is -0.496. The van der Waals surface area contributed by atoms with Crippen molar-refractivity contribution in [1.29, 1.82) is 0 Å². The Bertz CT molecular complexity index is 809. The molecule has 0 aliphatic heterocycles. The van der Waals surface area contributed by atoms with Gasteiger partial charge in [-0.05, 0) is 12.0 Å². The third kappa shape index (κ3) is 3.34. The zero-order chi connectivity index (χ0) is 16.9. The van der Waals surface area contributed by atoms with Gasteiger partial charge in [-0.2, -0.15) is 4.98 Å². The number of amides is 1. The fraction of sp³-hybridized carbons (Fsp3) is 0.294. The quantitative estimate of drug-likeness (QED) is 0.751. The molecule has 1 aromatic carbocycles. The number of rotatable bonds is 6. The second kappa shape index (κ2) is 7.08. The summed E-state index contributed by atoms with van der Waals surface area (Å²) in [6.45, 7) is 2.04. The minimum Gasteiger partial charge on any atom is -0.339 e. The smallest absolute Gasteiger partial charge is 0.288 e. The van der Waals surface area contributed by atoms with Crippen LogP contribution in [0.4, 0.5) is 0 Å². The third-order valence-corrected chi connectivity index (χ3v) is 3.64. The normalized spacial score (nSPS) is 12.1. The summed E-state index contributed by atoms with van der Waals surface area (Å²) in [6.07, 6.45) is 4.93. The van der Waals surface area contributed by atoms with Crippen molar-refractivity contribution in [2.75, 3.05) is 0 Å². The summed E-state index contributed by atoms with van der Waals surface area (Å²) >= 11 is 0. The molecule has 0 unspecified atom stereocenters. The number of aromatic nitrogens is 4. The first-order valence-electron chi connectivity index (χ1n) is 7.84. The number of imidazole rings is 1. The van der Waals surface area contributed by atoms with Crippen molar-refractivity contribution in [3.8, 4) is 0 Å². The number of carbonyl (C=O) groups is 1. The van der Waals surface area contributed by atoms with E-state index >= 15 is 0 Å². The molecule has 1 atom stereocenters. The van der Waals surface area contributed by atoms with Crippen molar-refractivity contribution in [3.05, 3.63) is 65.8 Å². The molecule has 0 saturated carbocycles. The molecule has 24 heavy (non-hydrogen) atoms. The first-order chi connectivity index (χ1) is 11.7. The van der Waals surface area contributed by atoms with E-state index in [4.69, 9.17) is 4.52 Å². The highest BCUT2D eigenvalue weighted by molar-refractivity contribution is 5.91. The largest absolute Gasteiger partial charge is 0.339 e. The van der Waals surface area contributed by atoms with E-state index in [2.05, 4.69) is 20.4 Å². The topological polar surface area (TPSA) is 85.8 Å². The molecule has 2 aromatic heterocycles. The summed E-state index contributed by atoms with van der Waals surface area (Å²) in [5.74, 6) is 1.04. The second-order valence-corrected chi connectivity index (χ2v) is 5.48. The van der Waals surface area contributed by atoms with E-state index in [0.29, 0.717) is 24.0 Å². The minimum absolute atomic E-state index is 0.293. The zero-order valence-electron chi connectivity index (χ0n) is 13.6. The Hall–Kier alpha value is -2.96. The van der Waals surface area contributed by atoms with Crippen molar-refractivity contribution in [2.45, 2.75) is 25.8 Å². The summed E-state index contributed by atoms with van der Waals surface area (Å²) in [5, 5.41) is 6.98. The van der Waals surface area contributed by atoms with Crippen LogP contribution in [-0.4, -0.2) is 25.6 Å². The standard InChI is InChI=1S/C17H19N5O2/c1-3-7-13-19-15(21-24-13)14(12-8-5-4-6-9-12)20-17(23)16-18-10-11-22(16)2/h4-6,8-11,14H,3,7H2,1-2H3,(H,20,23)/t14-/m1/s1. The molecule has 7 heteroatoms. The van der Waals surface area contributed by atoms with Crippen LogP contribution < -0.4 is 5.32 Å². The lowest BCUT2D eigenvalue weighted by Gasteiger charge is -2.15. The van der Waals surface area contributed by atoms with Crippen molar-refractivity contribution in [1.82, 2.24) is 25.0 Å². The lowest BCUT2D eigenvalue weighted by molar-refractivity contribution is 0.0927. The molecule has 0 saturated heterocycles. The van der Waals surface area contributed by atoms with Crippen molar-refractivity contribution in [2.24, 2.45) is 7.05 Å². The number of hydrogen-bond donors (Lipinski definition) is 1. The van der Waals surface area contributed by atoms with Gasteiger partial charge in [0.2, 0.25) is 5.89 Å². The van der Waals surface area contributed by atoms with Gasteiger partial charge in [0, 0.05) is 25.9 Å². The Labute approximate surface area is 139 Å². The Kier molecular flexibility index (Phi) is 4.69. The maximum absolute atomic E-state index is 12.5. The second-order valence-electron chi connectivity index (χ2n) is 5.48. The molecule has 0 fully saturated rings. The number of aryl methyl sites for hydroxylation is 2. The maximum Gasteiger partial charge on any atom is 0.288 e. The highest BCUT2D eigenvalue weighted by atomic mass is 16.5. The van der Waals surface area contributed by atoms with Gasteiger partial charge in [-0.1, -0.05) is 42.4 Å². The van der Waals surface area contributed by atoms with Gasteiger partial charge in [0.15, 0.2) is 11.6 Å². The highest BCUT2D eigenvalue weighted by Crippen LogP contribution is 2.20. The molecule has 0 radical (unpaired) electrons. The average molecular weight is 325 g/mol. The Morgan fingerprint density at radius 2 is 2.12 bits per heavy atom. The van der Waals surface area contributed by atoms with E-state index < -0.39 is 6.04 Å². The molecular weight excluding hydrogens is 306 g/mol. The van der Waals surface area contributed by atoms with Gasteiger partial charge in [-0.25, -0.2) is 4.98 Å². The van der Waals surface area contributed by atoms with Gasteiger partial charge in [0.1, 0.15) is 6.04 Å². The summed E-state index contributed by atoms with van der Waals surface area (Å²) in [7, 11) is 1.77. The van der Waals surface area contributed by atoms with Gasteiger partial charge >= 0.3 is 0 Å². The fourth-order valence-corrected chi connectivity index (χ4v) is 2.42. The van der Waals surface area contributed by atoms with Crippen LogP contribution in [0.1, 0.15) is 47.3 Å². The van der Waals surface area contributed by atoms with E-state index in [0.717, 1.165) is 12.0 Å². The predicted octanol–water partition coefficient (Wildman–Crippen LogP) is 2.28. The van der Waals surface area contributed by atoms with Gasteiger partial charge < -0.3 is 14.4 Å². The highest BCUT2D eigenvalue weighted by Gasteiger charge is 2.24. The molecule has 0 bridgehead atoms. The number of nitrogens with zero attached hydrogens (tertiary/aromatic N) is 4. The molecule has 1 amide bonds. The van der Waals surface area contributed by atoms with Gasteiger partial charge in [-0.3, -0.25) is 4.79 Å². The summed E-state index contributed by atoms with van der Waals surface area (Å²) < 4.78 is 6.93. The van der Waals surface area contributed by atoms with Crippen LogP contribution in [0.3, 0.4) is 0 Å².